The molecule has 1 fully saturated rings. The fourth-order valence-electron chi connectivity index (χ4n) is 2.21. The quantitative estimate of drug-likeness (QED) is 0.829. The van der Waals surface area contributed by atoms with Crippen LogP contribution in [0.25, 0.3) is 0 Å². The Kier molecular flexibility index (Phi) is 7.00. The van der Waals surface area contributed by atoms with Gasteiger partial charge in [0.2, 0.25) is 5.91 Å². The van der Waals surface area contributed by atoms with Crippen LogP contribution in [-0.2, 0) is 4.79 Å². The summed E-state index contributed by atoms with van der Waals surface area (Å²) in [6.07, 6.45) is 4.63. The Balaban J connectivity index is 0.00000225. The summed E-state index contributed by atoms with van der Waals surface area (Å²) < 4.78 is 0. The van der Waals surface area contributed by atoms with E-state index in [0.29, 0.717) is 6.04 Å². The molecule has 96 valence electrons. The van der Waals surface area contributed by atoms with Crippen LogP contribution in [0.2, 0.25) is 0 Å². The Hall–Kier alpha value is -0.280. The zero-order chi connectivity index (χ0) is 11.4. The second-order valence-corrected chi connectivity index (χ2v) is 5.09. The number of carbonyl (C=O) groups excluding carboxylic acids is 1. The van der Waals surface area contributed by atoms with Gasteiger partial charge in [0.05, 0.1) is 6.04 Å². The van der Waals surface area contributed by atoms with Crippen molar-refractivity contribution in [1.29, 1.82) is 0 Å². The molecular formula is C12H25ClN2O. The normalized spacial score (nSPS) is 22.1. The van der Waals surface area contributed by atoms with Gasteiger partial charge in [0, 0.05) is 12.6 Å². The molecule has 2 N–H and O–H groups in total. The molecule has 0 aromatic heterocycles. The summed E-state index contributed by atoms with van der Waals surface area (Å²) in [5.74, 6) is 0.846. The number of rotatable bonds is 4. The van der Waals surface area contributed by atoms with E-state index in [2.05, 4.69) is 13.8 Å². The Morgan fingerprint density at radius 1 is 1.44 bits per heavy atom. The number of hydrogen-bond acceptors (Lipinski definition) is 2. The number of nitrogens with two attached hydrogens (primary N) is 1. The van der Waals surface area contributed by atoms with E-state index >= 15 is 0 Å². The van der Waals surface area contributed by atoms with Gasteiger partial charge >= 0.3 is 0 Å². The van der Waals surface area contributed by atoms with Crippen molar-refractivity contribution < 1.29 is 4.79 Å². The maximum atomic E-state index is 11.8. The Morgan fingerprint density at radius 2 is 2.06 bits per heavy atom. The number of halogens is 1. The minimum Gasteiger partial charge on any atom is -0.338 e. The molecule has 0 saturated carbocycles. The van der Waals surface area contributed by atoms with Crippen LogP contribution in [0.3, 0.4) is 0 Å². The number of nitrogens with zero attached hydrogens (tertiary/aromatic N) is 1. The largest absolute Gasteiger partial charge is 0.338 e. The van der Waals surface area contributed by atoms with Crippen molar-refractivity contribution >= 4 is 18.3 Å². The van der Waals surface area contributed by atoms with Gasteiger partial charge in [-0.1, -0.05) is 13.8 Å². The van der Waals surface area contributed by atoms with Crippen LogP contribution in [0.1, 0.15) is 46.5 Å². The number of likely N-dealkylation sites (tertiary alicyclic amines) is 1. The molecule has 1 heterocycles. The van der Waals surface area contributed by atoms with Gasteiger partial charge in [0.15, 0.2) is 0 Å². The van der Waals surface area contributed by atoms with Crippen molar-refractivity contribution in [1.82, 2.24) is 4.90 Å². The van der Waals surface area contributed by atoms with Crippen molar-refractivity contribution in [2.45, 2.75) is 58.5 Å². The first-order chi connectivity index (χ1) is 7.02. The summed E-state index contributed by atoms with van der Waals surface area (Å²) in [5, 5.41) is 0. The zero-order valence-corrected chi connectivity index (χ0v) is 11.4. The molecule has 3 nitrogen and oxygen atoms in total. The molecule has 1 aliphatic rings. The van der Waals surface area contributed by atoms with Gasteiger partial charge in [-0.2, -0.15) is 0 Å². The van der Waals surface area contributed by atoms with Crippen LogP contribution in [0.5, 0.6) is 0 Å². The number of amides is 1. The van der Waals surface area contributed by atoms with Crippen LogP contribution in [0.4, 0.5) is 0 Å². The van der Waals surface area contributed by atoms with E-state index < -0.39 is 0 Å². The van der Waals surface area contributed by atoms with E-state index in [4.69, 9.17) is 5.73 Å². The SMILES string of the molecule is CC(C)CCC1CCCN1C(=O)C(C)N.Cl. The summed E-state index contributed by atoms with van der Waals surface area (Å²) in [7, 11) is 0. The topological polar surface area (TPSA) is 46.3 Å². The van der Waals surface area contributed by atoms with E-state index in [9.17, 15) is 4.79 Å². The third-order valence-electron chi connectivity index (χ3n) is 3.13. The fourth-order valence-corrected chi connectivity index (χ4v) is 2.21. The first-order valence-electron chi connectivity index (χ1n) is 6.08. The van der Waals surface area contributed by atoms with Crippen LogP contribution < -0.4 is 5.73 Å². The lowest BCUT2D eigenvalue weighted by Crippen LogP contribution is -2.44. The molecule has 0 bridgehead atoms. The van der Waals surface area contributed by atoms with E-state index in [1.807, 2.05) is 4.90 Å². The average Bonchev–Trinajstić information content (AvgIpc) is 2.60. The number of hydrogen-bond donors (Lipinski definition) is 1. The van der Waals surface area contributed by atoms with Gasteiger partial charge in [-0.3, -0.25) is 4.79 Å². The minimum absolute atomic E-state index is 0. The summed E-state index contributed by atoms with van der Waals surface area (Å²) in [6.45, 7) is 7.14. The summed E-state index contributed by atoms with van der Waals surface area (Å²) in [4.78, 5) is 13.8. The minimum atomic E-state index is -0.343. The molecule has 0 spiro atoms. The molecule has 1 amide bonds. The van der Waals surface area contributed by atoms with Gasteiger partial charge in [0.1, 0.15) is 0 Å². The lowest BCUT2D eigenvalue weighted by molar-refractivity contribution is -0.133. The Morgan fingerprint density at radius 3 is 2.56 bits per heavy atom. The van der Waals surface area contributed by atoms with Crippen LogP contribution in [0.15, 0.2) is 0 Å². The molecule has 1 aliphatic heterocycles. The highest BCUT2D eigenvalue weighted by Crippen LogP contribution is 2.23. The average molecular weight is 249 g/mol. The zero-order valence-electron chi connectivity index (χ0n) is 10.6. The standard InChI is InChI=1S/C12H24N2O.ClH/c1-9(2)6-7-11-5-4-8-14(11)12(15)10(3)13;/h9-11H,4-8,13H2,1-3H3;1H. The molecule has 4 heteroatoms. The molecular weight excluding hydrogens is 224 g/mol. The van der Waals surface area contributed by atoms with Crippen LogP contribution in [-0.4, -0.2) is 29.4 Å². The monoisotopic (exact) mass is 248 g/mol. The second-order valence-electron chi connectivity index (χ2n) is 5.09. The smallest absolute Gasteiger partial charge is 0.239 e. The predicted molar refractivity (Wildman–Crippen MR) is 69.7 cm³/mol. The summed E-state index contributed by atoms with van der Waals surface area (Å²) in [5.41, 5.74) is 5.64. The fraction of sp³-hybridized carbons (Fsp3) is 0.917. The molecule has 0 aliphatic carbocycles. The van der Waals surface area contributed by atoms with Gasteiger partial charge in [-0.05, 0) is 38.5 Å². The van der Waals surface area contributed by atoms with E-state index in [1.165, 1.54) is 6.42 Å². The third-order valence-corrected chi connectivity index (χ3v) is 3.13. The van der Waals surface area contributed by atoms with Crippen molar-refractivity contribution in [3.8, 4) is 0 Å². The molecule has 1 rings (SSSR count). The van der Waals surface area contributed by atoms with E-state index in [-0.39, 0.29) is 24.4 Å². The van der Waals surface area contributed by atoms with Crippen LogP contribution in [0, 0.1) is 5.92 Å². The van der Waals surface area contributed by atoms with Crippen molar-refractivity contribution in [2.24, 2.45) is 11.7 Å². The highest BCUT2D eigenvalue weighted by molar-refractivity contribution is 5.85. The highest BCUT2D eigenvalue weighted by atomic mass is 35.5. The molecule has 0 aromatic carbocycles. The molecule has 0 radical (unpaired) electrons. The summed E-state index contributed by atoms with van der Waals surface area (Å²) >= 11 is 0. The summed E-state index contributed by atoms with van der Waals surface area (Å²) in [6, 6.07) is 0.107. The molecule has 2 atom stereocenters. The molecule has 1 saturated heterocycles. The van der Waals surface area contributed by atoms with Gasteiger partial charge < -0.3 is 10.6 Å². The molecule has 0 aromatic rings. The first kappa shape index (κ1) is 15.7. The van der Waals surface area contributed by atoms with Gasteiger partial charge in [-0.15, -0.1) is 12.4 Å². The van der Waals surface area contributed by atoms with Crippen molar-refractivity contribution in [2.75, 3.05) is 6.54 Å². The maximum Gasteiger partial charge on any atom is 0.239 e. The maximum absolute atomic E-state index is 11.8. The Bertz CT molecular complexity index is 219. The second kappa shape index (κ2) is 7.13. The highest BCUT2D eigenvalue weighted by Gasteiger charge is 2.29. The van der Waals surface area contributed by atoms with Gasteiger partial charge in [0.25, 0.3) is 0 Å². The molecule has 2 unspecified atom stereocenters. The van der Waals surface area contributed by atoms with Crippen molar-refractivity contribution in [3.05, 3.63) is 0 Å². The van der Waals surface area contributed by atoms with Gasteiger partial charge in [-0.25, -0.2) is 0 Å². The van der Waals surface area contributed by atoms with E-state index in [1.54, 1.807) is 6.92 Å². The lowest BCUT2D eigenvalue weighted by atomic mass is 10.0. The van der Waals surface area contributed by atoms with Crippen molar-refractivity contribution in [3.63, 3.8) is 0 Å². The predicted octanol–water partition coefficient (Wildman–Crippen LogP) is 2.18. The number of carbonyl (C=O) groups is 1. The van der Waals surface area contributed by atoms with Crippen LogP contribution >= 0.6 is 12.4 Å². The van der Waals surface area contributed by atoms with E-state index in [0.717, 1.165) is 31.7 Å². The molecule has 16 heavy (non-hydrogen) atoms. The lowest BCUT2D eigenvalue weighted by Gasteiger charge is -2.26. The Labute approximate surface area is 105 Å². The first-order valence-corrected chi connectivity index (χ1v) is 6.08. The third kappa shape index (κ3) is 4.30.